The zero-order valence-corrected chi connectivity index (χ0v) is 20.3. The van der Waals surface area contributed by atoms with Crippen molar-refractivity contribution in [1.82, 2.24) is 15.2 Å². The molecule has 0 unspecified atom stereocenters. The molecule has 0 saturated carbocycles. The molecule has 0 bridgehead atoms. The second-order valence-corrected chi connectivity index (χ2v) is 9.45. The number of thioether (sulfide) groups is 1. The van der Waals surface area contributed by atoms with E-state index in [4.69, 9.17) is 0 Å². The minimum atomic E-state index is -0.516. The van der Waals surface area contributed by atoms with Crippen molar-refractivity contribution in [3.63, 3.8) is 0 Å². The van der Waals surface area contributed by atoms with E-state index in [1.807, 2.05) is 52.0 Å². The summed E-state index contributed by atoms with van der Waals surface area (Å²) < 4.78 is 0. The van der Waals surface area contributed by atoms with Crippen molar-refractivity contribution in [2.75, 3.05) is 10.6 Å². The average molecular weight is 466 g/mol. The summed E-state index contributed by atoms with van der Waals surface area (Å²) in [5, 5.41) is 13.6. The smallest absolute Gasteiger partial charge is 0.278 e. The number of hydrogen-bond donors (Lipinski definition) is 3. The van der Waals surface area contributed by atoms with Crippen LogP contribution in [0.25, 0.3) is 11.3 Å². The Kier molecular flexibility index (Phi) is 7.33. The Bertz CT molecular complexity index is 1270. The van der Waals surface area contributed by atoms with Crippen molar-refractivity contribution in [3.8, 4) is 11.3 Å². The first-order valence-corrected chi connectivity index (χ1v) is 11.3. The third-order valence-corrected chi connectivity index (χ3v) is 5.83. The van der Waals surface area contributed by atoms with Gasteiger partial charge in [0, 0.05) is 18.2 Å². The zero-order chi connectivity index (χ0) is 24.3. The van der Waals surface area contributed by atoms with E-state index in [9.17, 15) is 14.4 Å². The van der Waals surface area contributed by atoms with Crippen molar-refractivity contribution in [2.45, 2.75) is 51.9 Å². The number of carbonyl (C=O) groups is 2. The van der Waals surface area contributed by atoms with Crippen LogP contribution < -0.4 is 16.2 Å². The van der Waals surface area contributed by atoms with Crippen molar-refractivity contribution in [3.05, 3.63) is 62.9 Å². The molecule has 1 aromatic heterocycles. The van der Waals surface area contributed by atoms with Crippen LogP contribution in [0.5, 0.6) is 0 Å². The molecule has 1 atom stereocenters. The molecule has 33 heavy (non-hydrogen) atoms. The monoisotopic (exact) mass is 465 g/mol. The number of aromatic nitrogens is 3. The first-order chi connectivity index (χ1) is 15.5. The molecule has 0 aliphatic heterocycles. The minimum absolute atomic E-state index is 0.0993. The molecule has 8 nitrogen and oxygen atoms in total. The highest BCUT2D eigenvalue weighted by Crippen LogP contribution is 2.30. The first-order valence-electron chi connectivity index (χ1n) is 10.5. The maximum Gasteiger partial charge on any atom is 0.278 e. The number of amides is 2. The fourth-order valence-corrected chi connectivity index (χ4v) is 4.30. The number of benzene rings is 2. The maximum atomic E-state index is 12.8. The van der Waals surface area contributed by atoms with Crippen LogP contribution in [-0.4, -0.2) is 32.2 Å². The number of anilines is 2. The molecule has 0 spiro atoms. The number of carbonyl (C=O) groups excluding carboxylic acids is 2. The van der Waals surface area contributed by atoms with Gasteiger partial charge in [-0.05, 0) is 69.5 Å². The van der Waals surface area contributed by atoms with Gasteiger partial charge in [0.2, 0.25) is 11.8 Å². The lowest BCUT2D eigenvalue weighted by molar-refractivity contribution is -0.115. The molecule has 0 aliphatic carbocycles. The van der Waals surface area contributed by atoms with Crippen molar-refractivity contribution < 1.29 is 9.59 Å². The average Bonchev–Trinajstić information content (AvgIpc) is 2.69. The summed E-state index contributed by atoms with van der Waals surface area (Å²) >= 11 is 1.11. The van der Waals surface area contributed by atoms with Crippen LogP contribution >= 0.6 is 11.8 Å². The van der Waals surface area contributed by atoms with Gasteiger partial charge in [-0.3, -0.25) is 19.4 Å². The van der Waals surface area contributed by atoms with E-state index in [2.05, 4.69) is 25.8 Å². The van der Waals surface area contributed by atoms with E-state index < -0.39 is 10.8 Å². The topological polar surface area (TPSA) is 117 Å². The van der Waals surface area contributed by atoms with Crippen molar-refractivity contribution in [2.24, 2.45) is 0 Å². The van der Waals surface area contributed by atoms with Crippen LogP contribution in [0.3, 0.4) is 0 Å². The van der Waals surface area contributed by atoms with E-state index in [1.165, 1.54) is 6.92 Å². The Morgan fingerprint density at radius 2 is 1.58 bits per heavy atom. The first kappa shape index (κ1) is 24.2. The second kappa shape index (κ2) is 9.99. The van der Waals surface area contributed by atoms with Gasteiger partial charge in [-0.2, -0.15) is 0 Å². The van der Waals surface area contributed by atoms with Gasteiger partial charge in [-0.15, -0.1) is 10.2 Å². The molecule has 0 aliphatic rings. The number of hydrogen-bond acceptors (Lipinski definition) is 6. The van der Waals surface area contributed by atoms with Gasteiger partial charge in [-0.1, -0.05) is 29.5 Å². The number of aromatic amines is 1. The van der Waals surface area contributed by atoms with Crippen LogP contribution in [0.15, 0.2) is 40.3 Å². The van der Waals surface area contributed by atoms with Gasteiger partial charge >= 0.3 is 0 Å². The van der Waals surface area contributed by atoms with Gasteiger partial charge in [-0.25, -0.2) is 0 Å². The molecule has 3 aromatic rings. The highest BCUT2D eigenvalue weighted by Gasteiger charge is 2.19. The van der Waals surface area contributed by atoms with Gasteiger partial charge < -0.3 is 10.6 Å². The highest BCUT2D eigenvalue weighted by molar-refractivity contribution is 8.00. The maximum absolute atomic E-state index is 12.8. The predicted octanol–water partition coefficient (Wildman–Crippen LogP) is 4.14. The lowest BCUT2D eigenvalue weighted by Gasteiger charge is -2.14. The second-order valence-electron chi connectivity index (χ2n) is 8.12. The molecule has 0 radical (unpaired) electrons. The minimum Gasteiger partial charge on any atom is -0.325 e. The highest BCUT2D eigenvalue weighted by atomic mass is 32.2. The normalized spacial score (nSPS) is 11.7. The van der Waals surface area contributed by atoms with E-state index in [0.717, 1.165) is 39.7 Å². The third kappa shape index (κ3) is 6.07. The quantitative estimate of drug-likeness (QED) is 0.471. The van der Waals surface area contributed by atoms with Crippen LogP contribution in [0.1, 0.15) is 36.1 Å². The van der Waals surface area contributed by atoms with Gasteiger partial charge in [0.05, 0.1) is 10.9 Å². The number of H-pyrrole nitrogens is 1. The summed E-state index contributed by atoms with van der Waals surface area (Å²) in [7, 11) is 0. The van der Waals surface area contributed by atoms with E-state index in [0.29, 0.717) is 11.3 Å². The van der Waals surface area contributed by atoms with E-state index >= 15 is 0 Å². The molecule has 0 saturated heterocycles. The van der Waals surface area contributed by atoms with Gasteiger partial charge in [0.25, 0.3) is 5.56 Å². The van der Waals surface area contributed by atoms with Crippen LogP contribution in [0.4, 0.5) is 11.4 Å². The van der Waals surface area contributed by atoms with Gasteiger partial charge in [0.1, 0.15) is 0 Å². The van der Waals surface area contributed by atoms with Crippen molar-refractivity contribution >= 4 is 35.0 Å². The number of nitrogens with one attached hydrogen (secondary N) is 3. The summed E-state index contributed by atoms with van der Waals surface area (Å²) in [6.45, 7) is 10.8. The number of nitrogens with zero attached hydrogens (tertiary/aromatic N) is 2. The third-order valence-electron chi connectivity index (χ3n) is 4.86. The summed E-state index contributed by atoms with van der Waals surface area (Å²) in [4.78, 5) is 39.8. The summed E-state index contributed by atoms with van der Waals surface area (Å²) in [5.41, 5.74) is 5.24. The van der Waals surface area contributed by atoms with Crippen LogP contribution in [-0.2, 0) is 9.59 Å². The predicted molar refractivity (Wildman–Crippen MR) is 132 cm³/mol. The molecule has 0 fully saturated rings. The largest absolute Gasteiger partial charge is 0.325 e. The van der Waals surface area contributed by atoms with E-state index in [1.54, 1.807) is 13.0 Å². The van der Waals surface area contributed by atoms with E-state index in [-0.39, 0.29) is 22.7 Å². The fraction of sp³-hybridized carbons (Fsp3) is 0.292. The summed E-state index contributed by atoms with van der Waals surface area (Å²) in [5.74, 6) is -0.456. The SMILES string of the molecule is CC(=O)Nc1c(C)cc(C)cc1-c1nnc(S[C@@H](C)C(=O)Nc2cc(C)cc(C)c2)[nH]c1=O. The van der Waals surface area contributed by atoms with Gasteiger partial charge in [0.15, 0.2) is 10.9 Å². The molecule has 2 aromatic carbocycles. The molecule has 172 valence electrons. The zero-order valence-electron chi connectivity index (χ0n) is 19.5. The Balaban J connectivity index is 1.82. The lowest BCUT2D eigenvalue weighted by Crippen LogP contribution is -2.24. The summed E-state index contributed by atoms with van der Waals surface area (Å²) in [6, 6.07) is 9.52. The Morgan fingerprint density at radius 1 is 0.939 bits per heavy atom. The molecule has 9 heteroatoms. The Morgan fingerprint density at radius 3 is 2.18 bits per heavy atom. The standard InChI is InChI=1S/C24H27N5O3S/c1-12-7-13(2)10-18(9-12)26-22(31)16(5)33-24-27-23(32)21(28-29-24)19-11-14(3)8-15(4)20(19)25-17(6)30/h7-11,16H,1-6H3,(H,25,30)(H,26,31)(H,27,29,32)/t16-/m0/s1. The molecule has 1 heterocycles. The molecule has 3 rings (SSSR count). The summed E-state index contributed by atoms with van der Waals surface area (Å²) in [6.07, 6.45) is 0. The Hall–Kier alpha value is -3.46. The number of aryl methyl sites for hydroxylation is 4. The number of rotatable bonds is 6. The molecular weight excluding hydrogens is 438 g/mol. The van der Waals surface area contributed by atoms with Crippen molar-refractivity contribution in [1.29, 1.82) is 0 Å². The van der Waals surface area contributed by atoms with Crippen LogP contribution in [0.2, 0.25) is 0 Å². The molecular formula is C24H27N5O3S. The Labute approximate surface area is 196 Å². The molecule has 2 amide bonds. The molecule has 3 N–H and O–H groups in total. The fourth-order valence-electron chi connectivity index (χ4n) is 3.56. The lowest BCUT2D eigenvalue weighted by atomic mass is 10.0. The van der Waals surface area contributed by atoms with Crippen LogP contribution in [0, 0.1) is 27.7 Å².